The third-order valence-corrected chi connectivity index (χ3v) is 6.19. The summed E-state index contributed by atoms with van der Waals surface area (Å²) in [5.41, 5.74) is 3.78. The van der Waals surface area contributed by atoms with Gasteiger partial charge in [-0.3, -0.25) is 4.57 Å². The maximum Gasteiger partial charge on any atom is 0.419 e. The van der Waals surface area contributed by atoms with Crippen molar-refractivity contribution in [2.45, 2.75) is 26.4 Å². The SMILES string of the molecule is CC(C)(C)OC(=O)n1cc(-c2nc(-c3c[nH]c4ncccc34)cs2)c2cc(Br)ccc21. The molecule has 0 aliphatic heterocycles. The van der Waals surface area contributed by atoms with E-state index in [0.717, 1.165) is 48.2 Å². The molecule has 0 aliphatic rings. The van der Waals surface area contributed by atoms with E-state index in [0.29, 0.717) is 0 Å². The van der Waals surface area contributed by atoms with Gasteiger partial charge in [-0.1, -0.05) is 15.9 Å². The smallest absolute Gasteiger partial charge is 0.419 e. The Bertz CT molecular complexity index is 1440. The number of nitrogens with zero attached hydrogens (tertiary/aromatic N) is 3. The maximum absolute atomic E-state index is 12.8. The number of nitrogens with one attached hydrogen (secondary N) is 1. The zero-order valence-electron chi connectivity index (χ0n) is 17.1. The first kappa shape index (κ1) is 20.0. The Hall–Kier alpha value is -2.97. The summed E-state index contributed by atoms with van der Waals surface area (Å²) in [6.07, 6.45) is 5.09. The van der Waals surface area contributed by atoms with Gasteiger partial charge in [0.15, 0.2) is 0 Å². The Labute approximate surface area is 191 Å². The van der Waals surface area contributed by atoms with Crippen molar-refractivity contribution in [3.63, 3.8) is 0 Å². The largest absolute Gasteiger partial charge is 0.443 e. The number of halogens is 1. The van der Waals surface area contributed by atoms with Crippen molar-refractivity contribution >= 4 is 55.3 Å². The van der Waals surface area contributed by atoms with Crippen molar-refractivity contribution in [3.8, 4) is 21.8 Å². The van der Waals surface area contributed by atoms with Crippen LogP contribution in [0.5, 0.6) is 0 Å². The van der Waals surface area contributed by atoms with Crippen LogP contribution in [-0.2, 0) is 4.74 Å². The van der Waals surface area contributed by atoms with Gasteiger partial charge >= 0.3 is 6.09 Å². The second-order valence-electron chi connectivity index (χ2n) is 8.19. The fourth-order valence-electron chi connectivity index (χ4n) is 3.52. The van der Waals surface area contributed by atoms with Crippen LogP contribution >= 0.6 is 27.3 Å². The van der Waals surface area contributed by atoms with Gasteiger partial charge in [0.25, 0.3) is 0 Å². The number of aromatic nitrogens is 4. The highest BCUT2D eigenvalue weighted by Crippen LogP contribution is 2.37. The zero-order chi connectivity index (χ0) is 21.8. The van der Waals surface area contributed by atoms with Crippen molar-refractivity contribution in [1.82, 2.24) is 19.5 Å². The molecule has 0 spiro atoms. The van der Waals surface area contributed by atoms with E-state index in [1.54, 1.807) is 22.1 Å². The number of carbonyl (C=O) groups excluding carboxylic acids is 1. The average molecular weight is 495 g/mol. The highest BCUT2D eigenvalue weighted by Gasteiger charge is 2.22. The standard InChI is InChI=1S/C23H19BrN4O2S/c1-23(2,3)30-22(29)28-11-17(15-9-13(24)6-7-19(15)28)21-27-18(12-31-21)16-10-26-20-14(16)5-4-8-25-20/h4-12H,1-3H3,(H,25,26). The number of carbonyl (C=O) groups is 1. The molecule has 0 saturated heterocycles. The Morgan fingerprint density at radius 1 is 1.19 bits per heavy atom. The van der Waals surface area contributed by atoms with Crippen molar-refractivity contribution < 1.29 is 9.53 Å². The lowest BCUT2D eigenvalue weighted by Crippen LogP contribution is -2.26. The molecule has 156 valence electrons. The number of ether oxygens (including phenoxy) is 1. The van der Waals surface area contributed by atoms with Crippen LogP contribution in [0.3, 0.4) is 0 Å². The molecule has 0 atom stereocenters. The van der Waals surface area contributed by atoms with E-state index in [9.17, 15) is 4.79 Å². The van der Waals surface area contributed by atoms with E-state index in [-0.39, 0.29) is 0 Å². The zero-order valence-corrected chi connectivity index (χ0v) is 19.5. The second kappa shape index (κ2) is 7.32. The third-order valence-electron chi connectivity index (χ3n) is 4.82. The molecule has 1 N–H and O–H groups in total. The number of fused-ring (bicyclic) bond motifs is 2. The molecule has 1 aromatic carbocycles. The van der Waals surface area contributed by atoms with Gasteiger partial charge in [-0.2, -0.15) is 0 Å². The molecule has 6 nitrogen and oxygen atoms in total. The summed E-state index contributed by atoms with van der Waals surface area (Å²) in [5, 5.41) is 4.82. The van der Waals surface area contributed by atoms with Crippen LogP contribution in [0, 0.1) is 0 Å². The minimum atomic E-state index is -0.582. The Morgan fingerprint density at radius 2 is 2.03 bits per heavy atom. The lowest BCUT2D eigenvalue weighted by molar-refractivity contribution is 0.0544. The van der Waals surface area contributed by atoms with Crippen molar-refractivity contribution in [2.75, 3.05) is 0 Å². The summed E-state index contributed by atoms with van der Waals surface area (Å²) < 4.78 is 8.10. The number of hydrogen-bond acceptors (Lipinski definition) is 5. The Kier molecular flexibility index (Phi) is 4.71. The first-order chi connectivity index (χ1) is 14.8. The summed E-state index contributed by atoms with van der Waals surface area (Å²) in [7, 11) is 0. The number of thiazole rings is 1. The van der Waals surface area contributed by atoms with Gasteiger partial charge in [0.1, 0.15) is 16.3 Å². The van der Waals surface area contributed by atoms with E-state index in [2.05, 4.69) is 25.9 Å². The second-order valence-corrected chi connectivity index (χ2v) is 9.97. The molecule has 4 heterocycles. The molecule has 8 heteroatoms. The Balaban J connectivity index is 1.63. The van der Waals surface area contributed by atoms with Gasteiger partial charge in [-0.15, -0.1) is 11.3 Å². The van der Waals surface area contributed by atoms with Crippen LogP contribution in [0.2, 0.25) is 0 Å². The molecular formula is C23H19BrN4O2S. The quantitative estimate of drug-likeness (QED) is 0.291. The first-order valence-corrected chi connectivity index (χ1v) is 11.4. The number of benzene rings is 1. The number of hydrogen-bond donors (Lipinski definition) is 1. The fraction of sp³-hybridized carbons (Fsp3) is 0.174. The molecule has 0 amide bonds. The minimum Gasteiger partial charge on any atom is -0.443 e. The highest BCUT2D eigenvalue weighted by atomic mass is 79.9. The summed E-state index contributed by atoms with van der Waals surface area (Å²) in [4.78, 5) is 25.3. The summed E-state index contributed by atoms with van der Waals surface area (Å²) in [5.74, 6) is 0. The van der Waals surface area contributed by atoms with E-state index in [1.807, 2.05) is 68.9 Å². The molecule has 4 aromatic heterocycles. The molecule has 0 aliphatic carbocycles. The lowest BCUT2D eigenvalue weighted by atomic mass is 10.1. The van der Waals surface area contributed by atoms with Gasteiger partial charge in [0, 0.05) is 50.3 Å². The van der Waals surface area contributed by atoms with Crippen LogP contribution in [0.15, 0.2) is 58.8 Å². The molecule has 0 unspecified atom stereocenters. The molecule has 0 saturated carbocycles. The van der Waals surface area contributed by atoms with Crippen LogP contribution in [0.1, 0.15) is 20.8 Å². The number of rotatable bonds is 2. The monoisotopic (exact) mass is 494 g/mol. The normalized spacial score (nSPS) is 12.0. The van der Waals surface area contributed by atoms with E-state index in [1.165, 1.54) is 0 Å². The van der Waals surface area contributed by atoms with Gasteiger partial charge in [0.05, 0.1) is 11.2 Å². The van der Waals surface area contributed by atoms with E-state index in [4.69, 9.17) is 9.72 Å². The van der Waals surface area contributed by atoms with Crippen LogP contribution in [-0.4, -0.2) is 31.2 Å². The van der Waals surface area contributed by atoms with Crippen molar-refractivity contribution in [1.29, 1.82) is 0 Å². The predicted octanol–water partition coefficient (Wildman–Crippen LogP) is 6.85. The highest BCUT2D eigenvalue weighted by molar-refractivity contribution is 9.10. The molecule has 5 rings (SSSR count). The van der Waals surface area contributed by atoms with Crippen LogP contribution < -0.4 is 0 Å². The molecule has 31 heavy (non-hydrogen) atoms. The minimum absolute atomic E-state index is 0.412. The number of aromatic amines is 1. The molecule has 0 radical (unpaired) electrons. The van der Waals surface area contributed by atoms with Crippen LogP contribution in [0.25, 0.3) is 43.8 Å². The van der Waals surface area contributed by atoms with Crippen molar-refractivity contribution in [3.05, 3.63) is 58.8 Å². The number of pyridine rings is 1. The maximum atomic E-state index is 12.8. The van der Waals surface area contributed by atoms with Gasteiger partial charge in [-0.05, 0) is 51.1 Å². The van der Waals surface area contributed by atoms with E-state index >= 15 is 0 Å². The predicted molar refractivity (Wildman–Crippen MR) is 127 cm³/mol. The van der Waals surface area contributed by atoms with E-state index < -0.39 is 11.7 Å². The lowest BCUT2D eigenvalue weighted by Gasteiger charge is -2.19. The van der Waals surface area contributed by atoms with Crippen LogP contribution in [0.4, 0.5) is 4.79 Å². The molecule has 0 fully saturated rings. The van der Waals surface area contributed by atoms with Crippen molar-refractivity contribution in [2.24, 2.45) is 0 Å². The first-order valence-electron chi connectivity index (χ1n) is 9.72. The molecule has 5 aromatic rings. The topological polar surface area (TPSA) is 72.8 Å². The van der Waals surface area contributed by atoms with Gasteiger partial charge in [0.2, 0.25) is 0 Å². The molecular weight excluding hydrogens is 476 g/mol. The summed E-state index contributed by atoms with van der Waals surface area (Å²) in [6.45, 7) is 5.58. The summed E-state index contributed by atoms with van der Waals surface area (Å²) >= 11 is 5.09. The van der Waals surface area contributed by atoms with Gasteiger partial charge in [-0.25, -0.2) is 14.8 Å². The fourth-order valence-corrected chi connectivity index (χ4v) is 4.73. The number of H-pyrrole nitrogens is 1. The van der Waals surface area contributed by atoms with Gasteiger partial charge < -0.3 is 9.72 Å². The molecule has 0 bridgehead atoms. The third kappa shape index (κ3) is 3.66. The average Bonchev–Trinajstić information content (AvgIpc) is 3.42. The summed E-state index contributed by atoms with van der Waals surface area (Å²) in [6, 6.07) is 9.77. The Morgan fingerprint density at radius 3 is 2.84 bits per heavy atom.